The van der Waals surface area contributed by atoms with Gasteiger partial charge in [0.25, 0.3) is 0 Å². The van der Waals surface area contributed by atoms with Crippen molar-refractivity contribution in [3.05, 3.63) is 54.4 Å². The first kappa shape index (κ1) is 15.5. The maximum absolute atomic E-state index is 12.2. The molecule has 0 saturated heterocycles. The van der Waals surface area contributed by atoms with Gasteiger partial charge in [0, 0.05) is 17.3 Å². The third-order valence-electron chi connectivity index (χ3n) is 3.26. The Hall–Kier alpha value is -3.35. The zero-order valence-corrected chi connectivity index (χ0v) is 13.1. The average Bonchev–Trinajstić information content (AvgIpc) is 3.12. The van der Waals surface area contributed by atoms with Crippen LogP contribution in [0.1, 0.15) is 10.7 Å². The van der Waals surface area contributed by atoms with E-state index in [-0.39, 0.29) is 11.8 Å². The summed E-state index contributed by atoms with van der Waals surface area (Å²) in [6.07, 6.45) is 0. The quantitative estimate of drug-likeness (QED) is 0.776. The molecule has 122 valence electrons. The Morgan fingerprint density at radius 3 is 2.46 bits per heavy atom. The summed E-state index contributed by atoms with van der Waals surface area (Å²) in [4.78, 5) is 12.2. The topological polar surface area (TPSA) is 86.5 Å². The summed E-state index contributed by atoms with van der Waals surface area (Å²) in [7, 11) is 3.12. The van der Waals surface area contributed by atoms with Crippen LogP contribution < -0.4 is 14.8 Å². The highest BCUT2D eigenvalue weighted by Crippen LogP contribution is 2.23. The molecule has 3 rings (SSSR count). The Bertz CT molecular complexity index is 860. The fourth-order valence-electron chi connectivity index (χ4n) is 2.07. The zero-order chi connectivity index (χ0) is 16.9. The Morgan fingerprint density at radius 1 is 1.00 bits per heavy atom. The smallest absolute Gasteiger partial charge is 0.313 e. The van der Waals surface area contributed by atoms with Crippen molar-refractivity contribution < 1.29 is 18.7 Å². The number of carbonyl (C=O) groups excluding carboxylic acids is 1. The molecule has 7 heteroatoms. The van der Waals surface area contributed by atoms with E-state index in [2.05, 4.69) is 15.5 Å². The number of aromatic nitrogens is 2. The van der Waals surface area contributed by atoms with Gasteiger partial charge in [0.15, 0.2) is 0 Å². The molecule has 1 aromatic heterocycles. The molecule has 0 radical (unpaired) electrons. The van der Waals surface area contributed by atoms with Crippen LogP contribution in [0, 0.1) is 0 Å². The SMILES string of the molecule is COc1cccc(NC(=O)c2nnc(-c3cccc(OC)c3)o2)c1. The summed E-state index contributed by atoms with van der Waals surface area (Å²) in [5.74, 6) is 0.911. The van der Waals surface area contributed by atoms with E-state index in [1.807, 2.05) is 0 Å². The lowest BCUT2D eigenvalue weighted by Gasteiger charge is -2.04. The van der Waals surface area contributed by atoms with E-state index in [0.29, 0.717) is 22.7 Å². The van der Waals surface area contributed by atoms with Crippen molar-refractivity contribution >= 4 is 11.6 Å². The normalized spacial score (nSPS) is 10.2. The van der Waals surface area contributed by atoms with Crippen LogP contribution in [-0.4, -0.2) is 30.3 Å². The van der Waals surface area contributed by atoms with Crippen molar-refractivity contribution in [1.29, 1.82) is 0 Å². The number of benzene rings is 2. The van der Waals surface area contributed by atoms with Gasteiger partial charge in [-0.2, -0.15) is 0 Å². The predicted octanol–water partition coefficient (Wildman–Crippen LogP) is 3.01. The lowest BCUT2D eigenvalue weighted by molar-refractivity contribution is 0.0991. The van der Waals surface area contributed by atoms with Gasteiger partial charge in [0.1, 0.15) is 11.5 Å². The van der Waals surface area contributed by atoms with E-state index in [4.69, 9.17) is 13.9 Å². The summed E-state index contributed by atoms with van der Waals surface area (Å²) in [5.41, 5.74) is 1.24. The molecule has 0 spiro atoms. The van der Waals surface area contributed by atoms with Crippen molar-refractivity contribution in [2.75, 3.05) is 19.5 Å². The molecule has 0 aliphatic heterocycles. The zero-order valence-electron chi connectivity index (χ0n) is 13.1. The molecular formula is C17H15N3O4. The molecule has 1 amide bonds. The molecule has 0 aliphatic carbocycles. The number of nitrogens with zero attached hydrogens (tertiary/aromatic N) is 2. The van der Waals surface area contributed by atoms with Crippen LogP contribution in [0.25, 0.3) is 11.5 Å². The lowest BCUT2D eigenvalue weighted by Crippen LogP contribution is -2.12. The lowest BCUT2D eigenvalue weighted by atomic mass is 10.2. The first-order valence-electron chi connectivity index (χ1n) is 7.13. The summed E-state index contributed by atoms with van der Waals surface area (Å²) in [6, 6.07) is 14.1. The van der Waals surface area contributed by atoms with Gasteiger partial charge >= 0.3 is 11.8 Å². The largest absolute Gasteiger partial charge is 0.497 e. The molecule has 1 heterocycles. The molecule has 0 fully saturated rings. The number of hydrogen-bond donors (Lipinski definition) is 1. The Morgan fingerprint density at radius 2 is 1.71 bits per heavy atom. The third-order valence-corrected chi connectivity index (χ3v) is 3.26. The van der Waals surface area contributed by atoms with Gasteiger partial charge in [-0.1, -0.05) is 12.1 Å². The van der Waals surface area contributed by atoms with E-state index in [1.165, 1.54) is 0 Å². The van der Waals surface area contributed by atoms with Gasteiger partial charge in [-0.05, 0) is 30.3 Å². The Kier molecular flexibility index (Phi) is 4.42. The second-order valence-electron chi connectivity index (χ2n) is 4.83. The van der Waals surface area contributed by atoms with E-state index in [1.54, 1.807) is 62.8 Å². The van der Waals surface area contributed by atoms with Crippen LogP contribution in [-0.2, 0) is 0 Å². The molecule has 0 bridgehead atoms. The number of ether oxygens (including phenoxy) is 2. The summed E-state index contributed by atoms with van der Waals surface area (Å²) < 4.78 is 15.7. The molecule has 3 aromatic rings. The second kappa shape index (κ2) is 6.82. The fourth-order valence-corrected chi connectivity index (χ4v) is 2.07. The highest BCUT2D eigenvalue weighted by molar-refractivity contribution is 6.01. The average molecular weight is 325 g/mol. The molecule has 0 atom stereocenters. The maximum Gasteiger partial charge on any atom is 0.313 e. The molecule has 0 saturated carbocycles. The van der Waals surface area contributed by atoms with Gasteiger partial charge in [-0.15, -0.1) is 10.2 Å². The third kappa shape index (κ3) is 3.35. The van der Waals surface area contributed by atoms with Gasteiger partial charge in [0.05, 0.1) is 14.2 Å². The van der Waals surface area contributed by atoms with E-state index >= 15 is 0 Å². The number of amides is 1. The molecule has 0 aliphatic rings. The van der Waals surface area contributed by atoms with Crippen molar-refractivity contribution in [3.8, 4) is 23.0 Å². The van der Waals surface area contributed by atoms with E-state index in [0.717, 1.165) is 0 Å². The van der Waals surface area contributed by atoms with Gasteiger partial charge in [-0.3, -0.25) is 4.79 Å². The standard InChI is InChI=1S/C17H15N3O4/c1-22-13-7-3-5-11(9-13)16-19-20-17(24-16)15(21)18-12-6-4-8-14(10-12)23-2/h3-10H,1-2H3,(H,18,21). The van der Waals surface area contributed by atoms with Crippen LogP contribution in [0.5, 0.6) is 11.5 Å². The minimum Gasteiger partial charge on any atom is -0.497 e. The molecular weight excluding hydrogens is 310 g/mol. The number of hydrogen-bond acceptors (Lipinski definition) is 6. The summed E-state index contributed by atoms with van der Waals surface area (Å²) in [6.45, 7) is 0. The van der Waals surface area contributed by atoms with Crippen LogP contribution in [0.15, 0.2) is 52.9 Å². The number of rotatable bonds is 5. The van der Waals surface area contributed by atoms with Crippen molar-refractivity contribution in [2.24, 2.45) is 0 Å². The van der Waals surface area contributed by atoms with Crippen LogP contribution in [0.3, 0.4) is 0 Å². The van der Waals surface area contributed by atoms with E-state index < -0.39 is 5.91 Å². The Labute approximate surface area is 138 Å². The summed E-state index contributed by atoms with van der Waals surface area (Å²) in [5, 5.41) is 10.4. The monoisotopic (exact) mass is 325 g/mol. The van der Waals surface area contributed by atoms with Crippen LogP contribution >= 0.6 is 0 Å². The highest BCUT2D eigenvalue weighted by atomic mass is 16.5. The van der Waals surface area contributed by atoms with E-state index in [9.17, 15) is 4.79 Å². The number of methoxy groups -OCH3 is 2. The van der Waals surface area contributed by atoms with Gasteiger partial charge in [-0.25, -0.2) is 0 Å². The number of anilines is 1. The van der Waals surface area contributed by atoms with Crippen molar-refractivity contribution in [2.45, 2.75) is 0 Å². The van der Waals surface area contributed by atoms with Crippen molar-refractivity contribution in [3.63, 3.8) is 0 Å². The minimum absolute atomic E-state index is 0.129. The molecule has 24 heavy (non-hydrogen) atoms. The minimum atomic E-state index is -0.495. The molecule has 0 unspecified atom stereocenters. The van der Waals surface area contributed by atoms with Crippen LogP contribution in [0.4, 0.5) is 5.69 Å². The van der Waals surface area contributed by atoms with Gasteiger partial charge in [0.2, 0.25) is 5.89 Å². The predicted molar refractivity (Wildman–Crippen MR) is 87.2 cm³/mol. The molecule has 7 nitrogen and oxygen atoms in total. The highest BCUT2D eigenvalue weighted by Gasteiger charge is 2.16. The van der Waals surface area contributed by atoms with Gasteiger partial charge < -0.3 is 19.2 Å². The fraction of sp³-hybridized carbons (Fsp3) is 0.118. The first-order chi connectivity index (χ1) is 11.7. The first-order valence-corrected chi connectivity index (χ1v) is 7.13. The second-order valence-corrected chi connectivity index (χ2v) is 4.83. The molecule has 1 N–H and O–H groups in total. The van der Waals surface area contributed by atoms with Crippen molar-refractivity contribution in [1.82, 2.24) is 10.2 Å². The Balaban J connectivity index is 1.78. The number of carbonyl (C=O) groups is 1. The molecule has 2 aromatic carbocycles. The number of nitrogens with one attached hydrogen (secondary N) is 1. The van der Waals surface area contributed by atoms with Crippen LogP contribution in [0.2, 0.25) is 0 Å². The maximum atomic E-state index is 12.2. The summed E-state index contributed by atoms with van der Waals surface area (Å²) >= 11 is 0.